The van der Waals surface area contributed by atoms with Gasteiger partial charge in [0, 0.05) is 12.3 Å². The van der Waals surface area contributed by atoms with Crippen molar-refractivity contribution in [2.45, 2.75) is 33.4 Å². The molecule has 0 fully saturated rings. The van der Waals surface area contributed by atoms with E-state index in [4.69, 9.17) is 18.9 Å². The quantitative estimate of drug-likeness (QED) is 0.403. The van der Waals surface area contributed by atoms with E-state index in [0.717, 1.165) is 23.5 Å². The number of rotatable bonds is 11. The molecule has 0 radical (unpaired) electrons. The first-order valence-corrected chi connectivity index (χ1v) is 10.9. The second-order valence-electron chi connectivity index (χ2n) is 7.44. The van der Waals surface area contributed by atoms with Crippen LogP contribution in [0.4, 0.5) is 0 Å². The van der Waals surface area contributed by atoms with Crippen molar-refractivity contribution in [3.63, 3.8) is 0 Å². The fourth-order valence-electron chi connectivity index (χ4n) is 3.23. The van der Waals surface area contributed by atoms with Crippen molar-refractivity contribution >= 4 is 5.97 Å². The van der Waals surface area contributed by atoms with Crippen LogP contribution < -0.4 is 19.6 Å². The molecule has 1 aromatic heterocycles. The monoisotopic (exact) mass is 451 g/mol. The lowest BCUT2D eigenvalue weighted by atomic mass is 10.1. The Labute approximate surface area is 193 Å². The molecule has 0 atom stereocenters. The number of nitrogens with zero attached hydrogens (tertiary/aromatic N) is 1. The minimum Gasteiger partial charge on any atom is -0.497 e. The average Bonchev–Trinajstić information content (AvgIpc) is 2.84. The van der Waals surface area contributed by atoms with Crippen molar-refractivity contribution in [2.24, 2.45) is 0 Å². The summed E-state index contributed by atoms with van der Waals surface area (Å²) in [5.41, 5.74) is 1.75. The molecule has 0 N–H and O–H groups in total. The summed E-state index contributed by atoms with van der Waals surface area (Å²) in [6.45, 7) is 5.30. The Morgan fingerprint density at radius 2 is 1.73 bits per heavy atom. The summed E-state index contributed by atoms with van der Waals surface area (Å²) in [7, 11) is 1.62. The van der Waals surface area contributed by atoms with Crippen LogP contribution in [0.25, 0.3) is 0 Å². The fourth-order valence-corrected chi connectivity index (χ4v) is 3.23. The smallest absolute Gasteiger partial charge is 0.338 e. The number of carbonyl (C=O) groups excluding carboxylic acids is 1. The Hall–Kier alpha value is -3.74. The van der Waals surface area contributed by atoms with E-state index in [1.54, 1.807) is 31.5 Å². The lowest BCUT2D eigenvalue weighted by Crippen LogP contribution is -2.17. The van der Waals surface area contributed by atoms with Gasteiger partial charge in [0.2, 0.25) is 5.43 Å². The van der Waals surface area contributed by atoms with Gasteiger partial charge in [-0.1, -0.05) is 19.1 Å². The highest BCUT2D eigenvalue weighted by atomic mass is 16.5. The number of hydrogen-bond acceptors (Lipinski definition) is 6. The zero-order chi connectivity index (χ0) is 23.6. The number of esters is 1. The molecule has 0 amide bonds. The maximum Gasteiger partial charge on any atom is 0.338 e. The molecular formula is C26H29NO6. The molecular weight excluding hydrogens is 422 g/mol. The second kappa shape index (κ2) is 11.8. The molecule has 174 valence electrons. The van der Waals surface area contributed by atoms with Crippen molar-refractivity contribution < 1.29 is 23.7 Å². The van der Waals surface area contributed by atoms with Gasteiger partial charge in [-0.05, 0) is 55.3 Å². The van der Waals surface area contributed by atoms with Gasteiger partial charge in [-0.3, -0.25) is 4.79 Å². The zero-order valence-corrected chi connectivity index (χ0v) is 19.2. The first-order valence-electron chi connectivity index (χ1n) is 10.9. The molecule has 3 aromatic rings. The van der Waals surface area contributed by atoms with Crippen LogP contribution in [0.1, 0.15) is 35.0 Å². The minimum absolute atomic E-state index is 0.164. The lowest BCUT2D eigenvalue weighted by Gasteiger charge is -2.15. The van der Waals surface area contributed by atoms with Crippen molar-refractivity contribution in [1.82, 2.24) is 4.57 Å². The Kier molecular flexibility index (Phi) is 8.52. The Balaban J connectivity index is 1.62. The van der Waals surface area contributed by atoms with Gasteiger partial charge in [0.1, 0.15) is 24.7 Å². The van der Waals surface area contributed by atoms with E-state index in [9.17, 15) is 9.59 Å². The number of carbonyl (C=O) groups is 1. The molecule has 0 spiro atoms. The molecule has 0 aliphatic carbocycles. The fraction of sp³-hybridized carbons (Fsp3) is 0.308. The molecule has 33 heavy (non-hydrogen) atoms. The van der Waals surface area contributed by atoms with Gasteiger partial charge < -0.3 is 23.5 Å². The molecule has 0 unspecified atom stereocenters. The predicted molar refractivity (Wildman–Crippen MR) is 125 cm³/mol. The number of aromatic nitrogens is 1. The molecule has 0 aliphatic rings. The second-order valence-corrected chi connectivity index (χ2v) is 7.44. The molecule has 3 rings (SSSR count). The van der Waals surface area contributed by atoms with Gasteiger partial charge in [0.15, 0.2) is 5.75 Å². The summed E-state index contributed by atoms with van der Waals surface area (Å²) in [6, 6.07) is 15.9. The van der Waals surface area contributed by atoms with Gasteiger partial charge >= 0.3 is 5.97 Å². The van der Waals surface area contributed by atoms with Gasteiger partial charge in [-0.15, -0.1) is 0 Å². The van der Waals surface area contributed by atoms with Crippen molar-refractivity contribution in [1.29, 1.82) is 0 Å². The largest absolute Gasteiger partial charge is 0.497 e. The number of hydrogen-bond donors (Lipinski definition) is 0. The molecule has 0 saturated carbocycles. The van der Waals surface area contributed by atoms with Crippen LogP contribution in [0.2, 0.25) is 0 Å². The predicted octanol–water partition coefficient (Wildman–Crippen LogP) is 4.39. The first-order chi connectivity index (χ1) is 16.0. The van der Waals surface area contributed by atoms with Gasteiger partial charge in [-0.25, -0.2) is 4.79 Å². The van der Waals surface area contributed by atoms with Crippen LogP contribution in [-0.2, 0) is 17.9 Å². The highest BCUT2D eigenvalue weighted by molar-refractivity contribution is 5.89. The van der Waals surface area contributed by atoms with Crippen LogP contribution in [0.5, 0.6) is 17.2 Å². The Morgan fingerprint density at radius 3 is 2.45 bits per heavy atom. The normalized spacial score (nSPS) is 10.5. The Bertz CT molecular complexity index is 1120. The topological polar surface area (TPSA) is 76.0 Å². The van der Waals surface area contributed by atoms with Crippen molar-refractivity contribution in [2.75, 3.05) is 20.3 Å². The summed E-state index contributed by atoms with van der Waals surface area (Å²) in [5, 5.41) is 0. The third-order valence-electron chi connectivity index (χ3n) is 5.03. The van der Waals surface area contributed by atoms with Crippen LogP contribution in [0, 0.1) is 6.92 Å². The molecule has 2 aromatic carbocycles. The summed E-state index contributed by atoms with van der Waals surface area (Å²) in [5.74, 6) is 1.42. The SMILES string of the molecule is CCCOC(=O)c1cccc(COc2c(C)n(CCOc3ccc(OC)cc3)ccc2=O)c1. The number of pyridine rings is 1. The van der Waals surface area contributed by atoms with E-state index in [1.165, 1.54) is 6.07 Å². The van der Waals surface area contributed by atoms with Crippen LogP contribution in [0.3, 0.4) is 0 Å². The summed E-state index contributed by atoms with van der Waals surface area (Å²) in [6.07, 6.45) is 2.49. The van der Waals surface area contributed by atoms with E-state index < -0.39 is 0 Å². The number of methoxy groups -OCH3 is 1. The van der Waals surface area contributed by atoms with Crippen molar-refractivity contribution in [3.8, 4) is 17.2 Å². The van der Waals surface area contributed by atoms with Crippen molar-refractivity contribution in [3.05, 3.63) is 87.8 Å². The summed E-state index contributed by atoms with van der Waals surface area (Å²) < 4.78 is 23.9. The summed E-state index contributed by atoms with van der Waals surface area (Å²) in [4.78, 5) is 24.5. The maximum atomic E-state index is 12.4. The van der Waals surface area contributed by atoms with E-state index in [1.807, 2.05) is 48.7 Å². The van der Waals surface area contributed by atoms with Gasteiger partial charge in [0.25, 0.3) is 0 Å². The van der Waals surface area contributed by atoms with E-state index >= 15 is 0 Å². The van der Waals surface area contributed by atoms with Crippen LogP contribution in [-0.4, -0.2) is 30.9 Å². The van der Waals surface area contributed by atoms with Crippen LogP contribution in [0.15, 0.2) is 65.6 Å². The third-order valence-corrected chi connectivity index (χ3v) is 5.03. The molecule has 0 aliphatic heterocycles. The molecule has 7 heteroatoms. The molecule has 1 heterocycles. The molecule has 7 nitrogen and oxygen atoms in total. The van der Waals surface area contributed by atoms with Crippen LogP contribution >= 0.6 is 0 Å². The summed E-state index contributed by atoms with van der Waals surface area (Å²) >= 11 is 0. The maximum absolute atomic E-state index is 12.4. The lowest BCUT2D eigenvalue weighted by molar-refractivity contribution is 0.0505. The third kappa shape index (κ3) is 6.62. The van der Waals surface area contributed by atoms with E-state index in [2.05, 4.69) is 0 Å². The number of benzene rings is 2. The molecule has 0 bridgehead atoms. The zero-order valence-electron chi connectivity index (χ0n) is 19.2. The minimum atomic E-state index is -0.367. The molecule has 0 saturated heterocycles. The van der Waals surface area contributed by atoms with E-state index in [0.29, 0.717) is 31.0 Å². The van der Waals surface area contributed by atoms with Gasteiger partial charge in [0.05, 0.1) is 31.5 Å². The highest BCUT2D eigenvalue weighted by Gasteiger charge is 2.11. The first kappa shape index (κ1) is 23.9. The van der Waals surface area contributed by atoms with E-state index in [-0.39, 0.29) is 23.8 Å². The standard InChI is InChI=1S/C26H29NO6/c1-4-15-32-26(29)21-7-5-6-20(17-21)18-33-25-19(2)27(13-12-24(25)28)14-16-31-23-10-8-22(30-3)9-11-23/h5-13,17H,4,14-16,18H2,1-3H3. The van der Waals surface area contributed by atoms with Gasteiger partial charge in [-0.2, -0.15) is 0 Å². The average molecular weight is 452 g/mol. The Morgan fingerprint density at radius 1 is 0.970 bits per heavy atom. The number of ether oxygens (including phenoxy) is 4. The highest BCUT2D eigenvalue weighted by Crippen LogP contribution is 2.18.